The van der Waals surface area contributed by atoms with E-state index in [2.05, 4.69) is 19.2 Å². The number of amides is 1. The van der Waals surface area contributed by atoms with E-state index < -0.39 is 0 Å². The van der Waals surface area contributed by atoms with Crippen LogP contribution in [0.3, 0.4) is 0 Å². The zero-order valence-corrected chi connectivity index (χ0v) is 14.3. The topological polar surface area (TPSA) is 56.0 Å². The van der Waals surface area contributed by atoms with Gasteiger partial charge in [0.15, 0.2) is 0 Å². The van der Waals surface area contributed by atoms with E-state index in [1.807, 2.05) is 65.3 Å². The summed E-state index contributed by atoms with van der Waals surface area (Å²) in [5.74, 6) is 0.280. The van der Waals surface area contributed by atoms with Gasteiger partial charge in [0.25, 0.3) is 5.56 Å². The van der Waals surface area contributed by atoms with Crippen molar-refractivity contribution < 1.29 is 4.79 Å². The first-order chi connectivity index (χ1) is 12.1. The van der Waals surface area contributed by atoms with Crippen molar-refractivity contribution in [3.63, 3.8) is 0 Å². The van der Waals surface area contributed by atoms with Gasteiger partial charge in [-0.15, -0.1) is 0 Å². The maximum Gasteiger partial charge on any atom is 0.291 e. The highest BCUT2D eigenvalue weighted by Crippen LogP contribution is 2.29. The highest BCUT2D eigenvalue weighted by molar-refractivity contribution is 5.83. The molecule has 1 amide bonds. The Morgan fingerprint density at radius 3 is 2.16 bits per heavy atom. The largest absolute Gasteiger partial charge is 0.322 e. The van der Waals surface area contributed by atoms with Gasteiger partial charge in [0.05, 0.1) is 11.4 Å². The van der Waals surface area contributed by atoms with Gasteiger partial charge in [-0.1, -0.05) is 62.4 Å². The molecule has 0 bridgehead atoms. The first-order valence-electron chi connectivity index (χ1n) is 8.30. The first-order valence-corrected chi connectivity index (χ1v) is 8.30. The number of carbonyl (C=O) groups is 1. The summed E-state index contributed by atoms with van der Waals surface area (Å²) in [5.41, 5.74) is 2.52. The second-order valence-corrected chi connectivity index (χ2v) is 6.28. The fraction of sp³-hybridized carbons (Fsp3) is 0.200. The molecule has 128 valence electrons. The second kappa shape index (κ2) is 7.21. The Morgan fingerprint density at radius 2 is 1.60 bits per heavy atom. The minimum Gasteiger partial charge on any atom is -0.322 e. The molecule has 1 N–H and O–H groups in total. The van der Waals surface area contributed by atoms with Gasteiger partial charge in [0.2, 0.25) is 6.41 Å². The number of nitrogens with one attached hydrogen (secondary N) is 1. The van der Waals surface area contributed by atoms with E-state index in [0.29, 0.717) is 24.3 Å². The average molecular weight is 335 g/mol. The molecule has 3 aromatic rings. The third-order valence-corrected chi connectivity index (χ3v) is 3.93. The van der Waals surface area contributed by atoms with Gasteiger partial charge < -0.3 is 5.32 Å². The van der Waals surface area contributed by atoms with E-state index in [4.69, 9.17) is 0 Å². The first kappa shape index (κ1) is 16.8. The zero-order valence-electron chi connectivity index (χ0n) is 14.3. The molecule has 0 unspecified atom stereocenters. The highest BCUT2D eigenvalue weighted by Gasteiger charge is 2.22. The molecule has 0 aliphatic carbocycles. The molecule has 5 nitrogen and oxygen atoms in total. The van der Waals surface area contributed by atoms with Gasteiger partial charge >= 0.3 is 0 Å². The minimum atomic E-state index is -0.205. The molecule has 3 rings (SSSR count). The maximum atomic E-state index is 13.0. The minimum absolute atomic E-state index is 0.205. The fourth-order valence-electron chi connectivity index (χ4n) is 2.95. The Kier molecular flexibility index (Phi) is 4.84. The molecule has 0 saturated carbocycles. The van der Waals surface area contributed by atoms with Gasteiger partial charge in [-0.25, -0.2) is 9.36 Å². The average Bonchev–Trinajstić information content (AvgIpc) is 2.89. The molecule has 25 heavy (non-hydrogen) atoms. The SMILES string of the molecule is CC(C)Cn1c(=O)c(NC=O)c(-c2ccccc2)n1-c1ccccc1. The second-order valence-electron chi connectivity index (χ2n) is 6.28. The summed E-state index contributed by atoms with van der Waals surface area (Å²) >= 11 is 0. The van der Waals surface area contributed by atoms with E-state index >= 15 is 0 Å². The van der Waals surface area contributed by atoms with Crippen molar-refractivity contribution in [1.82, 2.24) is 9.36 Å². The highest BCUT2D eigenvalue weighted by atomic mass is 16.1. The normalized spacial score (nSPS) is 10.8. The number of para-hydroxylation sites is 1. The van der Waals surface area contributed by atoms with Crippen LogP contribution in [-0.2, 0) is 11.3 Å². The van der Waals surface area contributed by atoms with Crippen LogP contribution >= 0.6 is 0 Å². The Bertz CT molecular complexity index is 909. The summed E-state index contributed by atoms with van der Waals surface area (Å²) in [6, 6.07) is 19.3. The lowest BCUT2D eigenvalue weighted by Gasteiger charge is -2.16. The lowest BCUT2D eigenvalue weighted by atomic mass is 10.1. The van der Waals surface area contributed by atoms with Crippen molar-refractivity contribution in [2.45, 2.75) is 20.4 Å². The molecule has 0 radical (unpaired) electrons. The van der Waals surface area contributed by atoms with E-state index in [1.54, 1.807) is 4.68 Å². The van der Waals surface area contributed by atoms with Crippen molar-refractivity contribution in [3.05, 3.63) is 71.0 Å². The predicted octanol–water partition coefficient (Wildman–Crippen LogP) is 3.53. The Morgan fingerprint density at radius 1 is 1.00 bits per heavy atom. The summed E-state index contributed by atoms with van der Waals surface area (Å²) in [6.07, 6.45) is 0.554. The van der Waals surface area contributed by atoms with E-state index in [0.717, 1.165) is 11.3 Å². The van der Waals surface area contributed by atoms with Gasteiger partial charge in [0, 0.05) is 12.1 Å². The molecular weight excluding hydrogens is 314 g/mol. The quantitative estimate of drug-likeness (QED) is 0.701. The third kappa shape index (κ3) is 3.26. The van der Waals surface area contributed by atoms with Crippen molar-refractivity contribution in [1.29, 1.82) is 0 Å². The number of hydrogen-bond acceptors (Lipinski definition) is 2. The molecule has 0 saturated heterocycles. The van der Waals surface area contributed by atoms with Crippen molar-refractivity contribution in [3.8, 4) is 16.9 Å². The standard InChI is InChI=1S/C20H21N3O2/c1-15(2)13-22-20(25)18(21-14-24)19(16-9-5-3-6-10-16)23(22)17-11-7-4-8-12-17/h3-12,14-15H,13H2,1-2H3,(H,21,24). The number of hydrogen-bond donors (Lipinski definition) is 1. The number of aromatic nitrogens is 2. The van der Waals surface area contributed by atoms with Crippen LogP contribution in [0.25, 0.3) is 16.9 Å². The molecule has 2 aromatic carbocycles. The van der Waals surface area contributed by atoms with Gasteiger partial charge in [-0.2, -0.15) is 0 Å². The number of anilines is 1. The molecule has 1 heterocycles. The molecule has 1 aromatic heterocycles. The maximum absolute atomic E-state index is 13.0. The zero-order chi connectivity index (χ0) is 17.8. The number of benzene rings is 2. The Balaban J connectivity index is 2.37. The third-order valence-electron chi connectivity index (χ3n) is 3.93. The van der Waals surface area contributed by atoms with Crippen LogP contribution in [0.15, 0.2) is 65.5 Å². The van der Waals surface area contributed by atoms with Crippen molar-refractivity contribution in [2.75, 3.05) is 5.32 Å². The smallest absolute Gasteiger partial charge is 0.291 e. The van der Waals surface area contributed by atoms with Gasteiger partial charge in [0.1, 0.15) is 5.69 Å². The summed E-state index contributed by atoms with van der Waals surface area (Å²) in [5, 5.41) is 2.61. The summed E-state index contributed by atoms with van der Waals surface area (Å²) < 4.78 is 3.58. The summed E-state index contributed by atoms with van der Waals surface area (Å²) in [7, 11) is 0. The van der Waals surface area contributed by atoms with Crippen LogP contribution in [-0.4, -0.2) is 15.8 Å². The number of rotatable bonds is 6. The van der Waals surface area contributed by atoms with Crippen LogP contribution < -0.4 is 10.9 Å². The van der Waals surface area contributed by atoms with Gasteiger partial charge in [-0.05, 0) is 18.1 Å². The molecule has 0 aliphatic heterocycles. The molecule has 0 aliphatic rings. The van der Waals surface area contributed by atoms with Gasteiger partial charge in [-0.3, -0.25) is 9.59 Å². The Hall–Kier alpha value is -3.08. The summed E-state index contributed by atoms with van der Waals surface area (Å²) in [4.78, 5) is 24.1. The predicted molar refractivity (Wildman–Crippen MR) is 100.0 cm³/mol. The molecule has 0 spiro atoms. The monoisotopic (exact) mass is 335 g/mol. The number of carbonyl (C=O) groups excluding carboxylic acids is 1. The molecule has 5 heteroatoms. The van der Waals surface area contributed by atoms with E-state index in [9.17, 15) is 9.59 Å². The van der Waals surface area contributed by atoms with E-state index in [1.165, 1.54) is 0 Å². The van der Waals surface area contributed by atoms with Crippen molar-refractivity contribution >= 4 is 12.1 Å². The fourth-order valence-corrected chi connectivity index (χ4v) is 2.95. The molecule has 0 atom stereocenters. The van der Waals surface area contributed by atoms with Crippen molar-refractivity contribution in [2.24, 2.45) is 5.92 Å². The van der Waals surface area contributed by atoms with Crippen LogP contribution in [0.1, 0.15) is 13.8 Å². The molecule has 0 fully saturated rings. The lowest BCUT2D eigenvalue weighted by molar-refractivity contribution is -0.105. The van der Waals surface area contributed by atoms with Crippen LogP contribution in [0, 0.1) is 5.92 Å². The van der Waals surface area contributed by atoms with Crippen LogP contribution in [0.2, 0.25) is 0 Å². The lowest BCUT2D eigenvalue weighted by Crippen LogP contribution is -2.25. The summed E-state index contributed by atoms with van der Waals surface area (Å²) in [6.45, 7) is 4.67. The number of nitrogens with zero attached hydrogens (tertiary/aromatic N) is 2. The van der Waals surface area contributed by atoms with E-state index in [-0.39, 0.29) is 11.5 Å². The van der Waals surface area contributed by atoms with Crippen LogP contribution in [0.5, 0.6) is 0 Å². The van der Waals surface area contributed by atoms with Crippen LogP contribution in [0.4, 0.5) is 5.69 Å². The Labute approximate surface area is 146 Å². The molecular formula is C20H21N3O2.